The van der Waals surface area contributed by atoms with Crippen LogP contribution in [0.2, 0.25) is 0 Å². The second-order valence-corrected chi connectivity index (χ2v) is 5.47. The lowest BCUT2D eigenvalue weighted by molar-refractivity contribution is 0.300. The molecule has 0 spiro atoms. The zero-order valence-corrected chi connectivity index (χ0v) is 12.4. The third kappa shape index (κ3) is 3.72. The predicted molar refractivity (Wildman–Crippen MR) is 80.4 cm³/mol. The topological polar surface area (TPSA) is 35.2 Å². The van der Waals surface area contributed by atoms with E-state index < -0.39 is 11.6 Å². The number of ether oxygens (including phenoxy) is 1. The molecule has 2 N–H and O–H groups in total. The van der Waals surface area contributed by atoms with Crippen molar-refractivity contribution in [1.82, 2.24) is 0 Å². The van der Waals surface area contributed by atoms with E-state index >= 15 is 0 Å². The normalized spacial score (nSPS) is 11.0. The van der Waals surface area contributed by atoms with Gasteiger partial charge in [0.1, 0.15) is 24.0 Å². The summed E-state index contributed by atoms with van der Waals surface area (Å²) in [5.41, 5.74) is 8.98. The molecular weight excluding hydrogens is 272 g/mol. The smallest absolute Gasteiger partial charge is 0.126 e. The van der Waals surface area contributed by atoms with E-state index in [2.05, 4.69) is 0 Å². The minimum absolute atomic E-state index is 0.109. The molecule has 0 aliphatic rings. The second-order valence-electron chi connectivity index (χ2n) is 5.47. The van der Waals surface area contributed by atoms with Gasteiger partial charge < -0.3 is 10.5 Å². The summed E-state index contributed by atoms with van der Waals surface area (Å²) in [5.74, 6) is -0.272. The van der Waals surface area contributed by atoms with E-state index in [9.17, 15) is 8.78 Å². The highest BCUT2D eigenvalue weighted by Crippen LogP contribution is 2.31. The van der Waals surface area contributed by atoms with Crippen LogP contribution in [0.3, 0.4) is 0 Å². The Labute approximate surface area is 123 Å². The van der Waals surface area contributed by atoms with Crippen molar-refractivity contribution in [1.29, 1.82) is 0 Å². The highest BCUT2D eigenvalue weighted by atomic mass is 19.1. The fourth-order valence-corrected chi connectivity index (χ4v) is 2.15. The molecule has 21 heavy (non-hydrogen) atoms. The third-order valence-electron chi connectivity index (χ3n) is 3.34. The average Bonchev–Trinajstić information content (AvgIpc) is 2.38. The maximum absolute atomic E-state index is 13.2. The van der Waals surface area contributed by atoms with E-state index in [0.717, 1.165) is 17.2 Å². The predicted octanol–water partition coefficient (Wildman–Crippen LogP) is 4.56. The molecule has 0 unspecified atom stereocenters. The van der Waals surface area contributed by atoms with E-state index in [1.165, 1.54) is 12.1 Å². The van der Waals surface area contributed by atoms with Gasteiger partial charge in [0.15, 0.2) is 0 Å². The van der Waals surface area contributed by atoms with Crippen LogP contribution in [0.25, 0.3) is 0 Å². The van der Waals surface area contributed by atoms with Crippen molar-refractivity contribution in [3.63, 3.8) is 0 Å². The van der Waals surface area contributed by atoms with Crippen LogP contribution < -0.4 is 10.5 Å². The first-order valence-electron chi connectivity index (χ1n) is 6.84. The zero-order valence-electron chi connectivity index (χ0n) is 12.4. The number of benzene rings is 2. The van der Waals surface area contributed by atoms with Gasteiger partial charge in [0, 0.05) is 11.8 Å². The minimum Gasteiger partial charge on any atom is -0.489 e. The maximum Gasteiger partial charge on any atom is 0.126 e. The van der Waals surface area contributed by atoms with Gasteiger partial charge in [-0.2, -0.15) is 0 Å². The molecule has 2 rings (SSSR count). The highest BCUT2D eigenvalue weighted by Gasteiger charge is 2.11. The van der Waals surface area contributed by atoms with Crippen molar-refractivity contribution in [3.8, 4) is 5.75 Å². The number of hydrogen-bond donors (Lipinski definition) is 1. The minimum atomic E-state index is -0.605. The summed E-state index contributed by atoms with van der Waals surface area (Å²) in [6, 6.07) is 7.13. The number of nitrogen functional groups attached to an aromatic ring is 1. The van der Waals surface area contributed by atoms with Crippen molar-refractivity contribution in [2.24, 2.45) is 0 Å². The number of aryl methyl sites for hydroxylation is 1. The fraction of sp³-hybridized carbons (Fsp3) is 0.294. The van der Waals surface area contributed by atoms with Gasteiger partial charge >= 0.3 is 0 Å². The van der Waals surface area contributed by atoms with Crippen LogP contribution in [0.1, 0.15) is 36.5 Å². The summed E-state index contributed by atoms with van der Waals surface area (Å²) in [5, 5.41) is 0. The van der Waals surface area contributed by atoms with Crippen LogP contribution in [0.15, 0.2) is 30.3 Å². The van der Waals surface area contributed by atoms with Crippen LogP contribution >= 0.6 is 0 Å². The maximum atomic E-state index is 13.2. The number of rotatable bonds is 4. The van der Waals surface area contributed by atoms with Gasteiger partial charge in [-0.15, -0.1) is 0 Å². The molecule has 2 nitrogen and oxygen atoms in total. The van der Waals surface area contributed by atoms with Gasteiger partial charge in [-0.25, -0.2) is 8.78 Å². The standard InChI is InChI=1S/C17H19F2NO/c1-10(2)15-8-16(20)11(3)4-17(15)21-9-12-5-13(18)7-14(19)6-12/h4-8,10H,9,20H2,1-3H3. The lowest BCUT2D eigenvalue weighted by Gasteiger charge is -2.16. The quantitative estimate of drug-likeness (QED) is 0.838. The van der Waals surface area contributed by atoms with Gasteiger partial charge in [0.2, 0.25) is 0 Å². The number of anilines is 1. The molecule has 0 aliphatic heterocycles. The lowest BCUT2D eigenvalue weighted by Crippen LogP contribution is -2.03. The zero-order chi connectivity index (χ0) is 15.6. The van der Waals surface area contributed by atoms with Gasteiger partial charge in [-0.05, 0) is 53.8 Å². The van der Waals surface area contributed by atoms with Gasteiger partial charge in [0.05, 0.1) is 0 Å². The van der Waals surface area contributed by atoms with Gasteiger partial charge in [-0.1, -0.05) is 13.8 Å². The van der Waals surface area contributed by atoms with Crippen molar-refractivity contribution < 1.29 is 13.5 Å². The fourth-order valence-electron chi connectivity index (χ4n) is 2.15. The molecule has 0 fully saturated rings. The van der Waals surface area contributed by atoms with Crippen molar-refractivity contribution in [2.75, 3.05) is 5.73 Å². The van der Waals surface area contributed by atoms with E-state index in [-0.39, 0.29) is 12.5 Å². The number of halogens is 2. The van der Waals surface area contributed by atoms with E-state index in [1.807, 2.05) is 32.9 Å². The number of hydrogen-bond acceptors (Lipinski definition) is 2. The summed E-state index contributed by atoms with van der Waals surface area (Å²) in [6.07, 6.45) is 0. The molecule has 0 atom stereocenters. The molecule has 0 bridgehead atoms. The molecule has 0 radical (unpaired) electrons. The molecule has 0 aromatic heterocycles. The van der Waals surface area contributed by atoms with Crippen LogP contribution in [0.5, 0.6) is 5.75 Å². The first kappa shape index (κ1) is 15.3. The summed E-state index contributed by atoms with van der Waals surface area (Å²) in [6.45, 7) is 6.09. The highest BCUT2D eigenvalue weighted by molar-refractivity contribution is 5.55. The Hall–Kier alpha value is -2.10. The number of nitrogens with two attached hydrogens (primary N) is 1. The molecule has 0 heterocycles. The van der Waals surface area contributed by atoms with Crippen molar-refractivity contribution in [2.45, 2.75) is 33.3 Å². The molecule has 0 aliphatic carbocycles. The molecule has 2 aromatic rings. The summed E-state index contributed by atoms with van der Waals surface area (Å²) >= 11 is 0. The Morgan fingerprint density at radius 3 is 2.24 bits per heavy atom. The monoisotopic (exact) mass is 291 g/mol. The van der Waals surface area contributed by atoms with Crippen LogP contribution in [-0.4, -0.2) is 0 Å². The van der Waals surface area contributed by atoms with E-state index in [4.69, 9.17) is 10.5 Å². The summed E-state index contributed by atoms with van der Waals surface area (Å²) in [7, 11) is 0. The molecular formula is C17H19F2NO. The Morgan fingerprint density at radius 2 is 1.67 bits per heavy atom. The second kappa shape index (κ2) is 6.12. The molecule has 0 saturated heterocycles. The largest absolute Gasteiger partial charge is 0.489 e. The molecule has 0 amide bonds. The first-order chi connectivity index (χ1) is 9.86. The van der Waals surface area contributed by atoms with Gasteiger partial charge in [0.25, 0.3) is 0 Å². The van der Waals surface area contributed by atoms with Crippen molar-refractivity contribution in [3.05, 3.63) is 58.7 Å². The molecule has 0 saturated carbocycles. The molecule has 112 valence electrons. The van der Waals surface area contributed by atoms with Crippen LogP contribution in [0.4, 0.5) is 14.5 Å². The third-order valence-corrected chi connectivity index (χ3v) is 3.34. The van der Waals surface area contributed by atoms with E-state index in [0.29, 0.717) is 17.0 Å². The Kier molecular flexibility index (Phi) is 4.46. The summed E-state index contributed by atoms with van der Waals surface area (Å²) in [4.78, 5) is 0. The van der Waals surface area contributed by atoms with E-state index in [1.54, 1.807) is 0 Å². The van der Waals surface area contributed by atoms with Crippen LogP contribution in [-0.2, 0) is 6.61 Å². The Balaban J connectivity index is 2.25. The Bertz CT molecular complexity index is 633. The lowest BCUT2D eigenvalue weighted by atomic mass is 9.99. The van der Waals surface area contributed by atoms with Crippen molar-refractivity contribution >= 4 is 5.69 Å². The Morgan fingerprint density at radius 1 is 1.05 bits per heavy atom. The average molecular weight is 291 g/mol. The van der Waals surface area contributed by atoms with Crippen LogP contribution in [0, 0.1) is 18.6 Å². The molecule has 2 aromatic carbocycles. The van der Waals surface area contributed by atoms with Gasteiger partial charge in [-0.3, -0.25) is 0 Å². The molecule has 4 heteroatoms. The SMILES string of the molecule is Cc1cc(OCc2cc(F)cc(F)c2)c(C(C)C)cc1N. The summed E-state index contributed by atoms with van der Waals surface area (Å²) < 4.78 is 32.1. The first-order valence-corrected chi connectivity index (χ1v) is 6.84.